The van der Waals surface area contributed by atoms with Gasteiger partial charge in [0.15, 0.2) is 5.43 Å². The number of hydrogen-bond donors (Lipinski definition) is 0. The van der Waals surface area contributed by atoms with Crippen LogP contribution in [0.4, 0.5) is 0 Å². The minimum atomic E-state index is -0.0343. The van der Waals surface area contributed by atoms with Crippen molar-refractivity contribution in [3.63, 3.8) is 0 Å². The van der Waals surface area contributed by atoms with Crippen LogP contribution in [0.25, 0.3) is 28.4 Å². The maximum absolute atomic E-state index is 11.4. The first-order valence-electron chi connectivity index (χ1n) is 5.88. The van der Waals surface area contributed by atoms with E-state index in [-0.39, 0.29) is 5.43 Å². The van der Waals surface area contributed by atoms with Crippen molar-refractivity contribution in [3.8, 4) is 11.3 Å². The van der Waals surface area contributed by atoms with E-state index >= 15 is 0 Å². The molecule has 0 saturated carbocycles. The predicted molar refractivity (Wildman–Crippen MR) is 73.8 cm³/mol. The van der Waals surface area contributed by atoms with Gasteiger partial charge in [-0.15, -0.1) is 0 Å². The van der Waals surface area contributed by atoms with Crippen molar-refractivity contribution in [1.29, 1.82) is 0 Å². The Balaban J connectivity index is 2.54. The van der Waals surface area contributed by atoms with Gasteiger partial charge in [-0.1, -0.05) is 30.4 Å². The lowest BCUT2D eigenvalue weighted by atomic mass is 9.99. The minimum absolute atomic E-state index is 0.0343. The third-order valence-corrected chi connectivity index (χ3v) is 2.97. The third kappa shape index (κ3) is 1.63. The molecule has 3 rings (SSSR count). The van der Waals surface area contributed by atoms with Gasteiger partial charge in [0.05, 0.1) is 0 Å². The summed E-state index contributed by atoms with van der Waals surface area (Å²) in [4.78, 5) is 11.4. The first kappa shape index (κ1) is 10.8. The van der Waals surface area contributed by atoms with Crippen LogP contribution in [-0.4, -0.2) is 0 Å². The number of allylic oxidation sites excluding steroid dienone is 1. The highest BCUT2D eigenvalue weighted by molar-refractivity contribution is 5.94. The lowest BCUT2D eigenvalue weighted by molar-refractivity contribution is 0.618. The first-order valence-corrected chi connectivity index (χ1v) is 5.88. The zero-order valence-corrected chi connectivity index (χ0v) is 10.0. The van der Waals surface area contributed by atoms with Gasteiger partial charge in [-0.3, -0.25) is 4.79 Å². The van der Waals surface area contributed by atoms with E-state index in [1.807, 2.05) is 49.4 Å². The van der Waals surface area contributed by atoms with E-state index in [1.165, 1.54) is 6.07 Å². The van der Waals surface area contributed by atoms with Crippen LogP contribution in [-0.2, 0) is 0 Å². The van der Waals surface area contributed by atoms with Gasteiger partial charge in [0, 0.05) is 17.0 Å². The molecule has 1 aromatic carbocycles. The number of benzene rings is 2. The monoisotopic (exact) mass is 236 g/mol. The summed E-state index contributed by atoms with van der Waals surface area (Å²) in [6.07, 6.45) is 4.04. The molecule has 0 N–H and O–H groups in total. The molecule has 0 radical (unpaired) electrons. The van der Waals surface area contributed by atoms with Crippen LogP contribution in [0.3, 0.4) is 0 Å². The predicted octanol–water partition coefficient (Wildman–Crippen LogP) is 3.93. The van der Waals surface area contributed by atoms with Crippen LogP contribution < -0.4 is 5.43 Å². The van der Waals surface area contributed by atoms with Crippen LogP contribution >= 0.6 is 0 Å². The second-order valence-corrected chi connectivity index (χ2v) is 4.17. The van der Waals surface area contributed by atoms with Gasteiger partial charge in [0.2, 0.25) is 0 Å². The summed E-state index contributed by atoms with van der Waals surface area (Å²) >= 11 is 0. The number of rotatable bonds is 1. The molecule has 1 aliphatic heterocycles. The Bertz CT molecular complexity index is 766. The molecular formula is C16H12O2. The Hall–Kier alpha value is -2.35. The second kappa shape index (κ2) is 4.15. The molecule has 1 heterocycles. The van der Waals surface area contributed by atoms with Crippen molar-refractivity contribution < 1.29 is 4.42 Å². The number of fused-ring (bicyclic) bond motifs is 2. The Morgan fingerprint density at radius 1 is 1.11 bits per heavy atom. The highest BCUT2D eigenvalue weighted by Gasteiger charge is 2.12. The van der Waals surface area contributed by atoms with Crippen molar-refractivity contribution >= 4 is 17.0 Å². The fourth-order valence-electron chi connectivity index (χ4n) is 2.20. The van der Waals surface area contributed by atoms with E-state index < -0.39 is 0 Å². The van der Waals surface area contributed by atoms with Gasteiger partial charge in [-0.25, -0.2) is 0 Å². The Labute approximate surface area is 105 Å². The van der Waals surface area contributed by atoms with Gasteiger partial charge in [-0.2, -0.15) is 0 Å². The summed E-state index contributed by atoms with van der Waals surface area (Å²) in [5.41, 5.74) is 2.82. The van der Waals surface area contributed by atoms with Crippen LogP contribution in [0.2, 0.25) is 0 Å². The quantitative estimate of drug-likeness (QED) is 0.599. The van der Waals surface area contributed by atoms with Crippen molar-refractivity contribution in [3.05, 3.63) is 64.3 Å². The molecule has 18 heavy (non-hydrogen) atoms. The van der Waals surface area contributed by atoms with E-state index in [0.717, 1.165) is 22.1 Å². The zero-order valence-electron chi connectivity index (χ0n) is 10.0. The molecule has 0 atom stereocenters. The van der Waals surface area contributed by atoms with Gasteiger partial charge >= 0.3 is 0 Å². The molecule has 2 heteroatoms. The summed E-state index contributed by atoms with van der Waals surface area (Å²) < 4.78 is 5.78. The lowest BCUT2D eigenvalue weighted by Gasteiger charge is -2.11. The smallest absolute Gasteiger partial charge is 0.182 e. The van der Waals surface area contributed by atoms with Gasteiger partial charge in [0.25, 0.3) is 0 Å². The normalized spacial score (nSPS) is 11.6. The fourth-order valence-corrected chi connectivity index (χ4v) is 2.20. The maximum Gasteiger partial charge on any atom is 0.182 e. The summed E-state index contributed by atoms with van der Waals surface area (Å²) in [5.74, 6) is 0.634. The van der Waals surface area contributed by atoms with Crippen molar-refractivity contribution in [2.45, 2.75) is 6.92 Å². The van der Waals surface area contributed by atoms with Crippen LogP contribution in [0.15, 0.2) is 57.8 Å². The molecule has 0 unspecified atom stereocenters. The van der Waals surface area contributed by atoms with E-state index in [0.29, 0.717) is 5.76 Å². The molecule has 0 bridgehead atoms. The van der Waals surface area contributed by atoms with E-state index in [4.69, 9.17) is 4.42 Å². The van der Waals surface area contributed by atoms with E-state index in [9.17, 15) is 4.79 Å². The van der Waals surface area contributed by atoms with Crippen LogP contribution in [0, 0.1) is 0 Å². The molecule has 0 aromatic heterocycles. The first-order chi connectivity index (χ1) is 8.79. The molecule has 2 nitrogen and oxygen atoms in total. The molecule has 0 saturated heterocycles. The van der Waals surface area contributed by atoms with Gasteiger partial charge < -0.3 is 4.42 Å². The van der Waals surface area contributed by atoms with Crippen molar-refractivity contribution in [2.24, 2.45) is 0 Å². The topological polar surface area (TPSA) is 30.2 Å². The average molecular weight is 236 g/mol. The molecule has 0 fully saturated rings. The van der Waals surface area contributed by atoms with Gasteiger partial charge in [0.1, 0.15) is 11.3 Å². The van der Waals surface area contributed by atoms with Crippen LogP contribution in [0.1, 0.15) is 12.5 Å². The SMILES string of the molecule is C/C=C/c1c2ccc(=O)cc-2oc2ccccc12. The molecule has 1 aliphatic carbocycles. The Kier molecular flexibility index (Phi) is 2.49. The number of para-hydroxylation sites is 1. The molecule has 0 amide bonds. The standard InChI is InChI=1S/C16H12O2/c1-2-5-12-13-6-3-4-7-15(13)18-16-10-11(17)8-9-14(12)16/h2-10H,1H3/b5-2+. The van der Waals surface area contributed by atoms with Crippen molar-refractivity contribution in [1.82, 2.24) is 0 Å². The maximum atomic E-state index is 11.4. The van der Waals surface area contributed by atoms with Crippen molar-refractivity contribution in [2.75, 3.05) is 0 Å². The van der Waals surface area contributed by atoms with Crippen LogP contribution in [0.5, 0.6) is 0 Å². The fraction of sp³-hybridized carbons (Fsp3) is 0.0625. The zero-order chi connectivity index (χ0) is 12.5. The number of hydrogen-bond acceptors (Lipinski definition) is 2. The highest BCUT2D eigenvalue weighted by Crippen LogP contribution is 2.33. The lowest BCUT2D eigenvalue weighted by Crippen LogP contribution is -1.99. The minimum Gasteiger partial charge on any atom is -0.456 e. The summed E-state index contributed by atoms with van der Waals surface area (Å²) in [6, 6.07) is 12.8. The highest BCUT2D eigenvalue weighted by atomic mass is 16.3. The largest absolute Gasteiger partial charge is 0.456 e. The summed E-state index contributed by atoms with van der Waals surface area (Å²) in [6.45, 7) is 1.98. The van der Waals surface area contributed by atoms with Gasteiger partial charge in [-0.05, 0) is 30.7 Å². The summed E-state index contributed by atoms with van der Waals surface area (Å²) in [5, 5.41) is 1.06. The third-order valence-electron chi connectivity index (χ3n) is 2.97. The van der Waals surface area contributed by atoms with E-state index in [2.05, 4.69) is 0 Å². The average Bonchev–Trinajstić information content (AvgIpc) is 2.38. The second-order valence-electron chi connectivity index (χ2n) is 4.17. The van der Waals surface area contributed by atoms with E-state index in [1.54, 1.807) is 6.07 Å². The molecule has 0 spiro atoms. The Morgan fingerprint density at radius 3 is 2.78 bits per heavy atom. The summed E-state index contributed by atoms with van der Waals surface area (Å²) in [7, 11) is 0. The Morgan fingerprint density at radius 2 is 1.94 bits per heavy atom. The molecule has 1 aromatic rings. The molecular weight excluding hydrogens is 224 g/mol. The molecule has 2 aliphatic rings. The molecule has 88 valence electrons.